The van der Waals surface area contributed by atoms with Crippen LogP contribution in [0.1, 0.15) is 22.3 Å². The van der Waals surface area contributed by atoms with E-state index >= 15 is 0 Å². The van der Waals surface area contributed by atoms with E-state index in [9.17, 15) is 10.1 Å². The lowest BCUT2D eigenvalue weighted by atomic mass is 10.1. The average Bonchev–Trinajstić information content (AvgIpc) is 3.12. The number of aryl methyl sites for hydroxylation is 2. The molecule has 0 unspecified atom stereocenters. The van der Waals surface area contributed by atoms with Crippen molar-refractivity contribution in [1.82, 2.24) is 4.98 Å². The Morgan fingerprint density at radius 2 is 1.93 bits per heavy atom. The van der Waals surface area contributed by atoms with Crippen LogP contribution in [0.15, 0.2) is 57.9 Å². The van der Waals surface area contributed by atoms with Crippen molar-refractivity contribution in [2.24, 2.45) is 4.99 Å². The number of oxazole rings is 1. The van der Waals surface area contributed by atoms with Gasteiger partial charge in [-0.2, -0.15) is 0 Å². The van der Waals surface area contributed by atoms with E-state index in [-0.39, 0.29) is 10.7 Å². The van der Waals surface area contributed by atoms with Crippen LogP contribution in [0.4, 0.5) is 11.4 Å². The average molecular weight is 420 g/mol. The monoisotopic (exact) mass is 419 g/mol. The van der Waals surface area contributed by atoms with Crippen molar-refractivity contribution < 1.29 is 9.34 Å². The number of fused-ring (bicyclic) bond motifs is 1. The fourth-order valence-electron chi connectivity index (χ4n) is 3.38. The van der Waals surface area contributed by atoms with Gasteiger partial charge in [0.05, 0.1) is 10.6 Å². The maximum atomic E-state index is 11.1. The highest BCUT2D eigenvalue weighted by Crippen LogP contribution is 2.33. The summed E-state index contributed by atoms with van der Waals surface area (Å²) in [5.74, 6) is 0.537. The van der Waals surface area contributed by atoms with Crippen molar-refractivity contribution in [1.29, 1.82) is 0 Å². The minimum absolute atomic E-state index is 0.0943. The largest absolute Gasteiger partial charge is 0.436 e. The van der Waals surface area contributed by atoms with Gasteiger partial charge >= 0.3 is 0 Å². The summed E-state index contributed by atoms with van der Waals surface area (Å²) in [6.45, 7) is 5.98. The van der Waals surface area contributed by atoms with Gasteiger partial charge in [0.1, 0.15) is 10.5 Å². The maximum Gasteiger partial charge on any atom is 0.288 e. The Morgan fingerprint density at radius 3 is 2.70 bits per heavy atom. The molecule has 7 heteroatoms. The third kappa shape index (κ3) is 3.69. The van der Waals surface area contributed by atoms with Gasteiger partial charge in [-0.1, -0.05) is 29.8 Å². The molecule has 0 atom stereocenters. The summed E-state index contributed by atoms with van der Waals surface area (Å²) < 4.78 is 6.04. The lowest BCUT2D eigenvalue weighted by Gasteiger charge is -2.05. The first kappa shape index (κ1) is 19.8. The number of hydrogen-bond acceptors (Lipinski definition) is 5. The standard InChI is InChI=1S/C23H18ClN3O3/c1-13-9-14(2)22-20(10-13)26-23(30-22)17-5-4-6-19(15(17)3)25-12-16-7-8-18(24)21(11-16)27(28)29/h4-12H,1-3H3. The molecule has 6 nitrogen and oxygen atoms in total. The Hall–Kier alpha value is -3.51. The highest BCUT2D eigenvalue weighted by atomic mass is 35.5. The Bertz CT molecular complexity index is 1330. The molecule has 4 rings (SSSR count). The molecule has 0 aliphatic rings. The molecule has 4 aromatic rings. The summed E-state index contributed by atoms with van der Waals surface area (Å²) in [4.78, 5) is 19.7. The fourth-order valence-corrected chi connectivity index (χ4v) is 3.57. The molecule has 0 N–H and O–H groups in total. The zero-order valence-corrected chi connectivity index (χ0v) is 17.4. The molecule has 30 heavy (non-hydrogen) atoms. The molecule has 0 bridgehead atoms. The van der Waals surface area contributed by atoms with Crippen LogP contribution in [0.3, 0.4) is 0 Å². The second-order valence-electron chi connectivity index (χ2n) is 7.12. The molecule has 0 saturated heterocycles. The van der Waals surface area contributed by atoms with Gasteiger partial charge in [-0.15, -0.1) is 0 Å². The fraction of sp³-hybridized carbons (Fsp3) is 0.130. The quantitative estimate of drug-likeness (QED) is 0.208. The third-order valence-electron chi connectivity index (χ3n) is 4.88. The van der Waals surface area contributed by atoms with E-state index in [0.29, 0.717) is 11.5 Å². The summed E-state index contributed by atoms with van der Waals surface area (Å²) in [6.07, 6.45) is 1.58. The van der Waals surface area contributed by atoms with Crippen molar-refractivity contribution in [2.75, 3.05) is 0 Å². The number of aliphatic imine (C=N–C) groups is 1. The van der Waals surface area contributed by atoms with Gasteiger partial charge in [0.15, 0.2) is 5.58 Å². The van der Waals surface area contributed by atoms with Crippen LogP contribution in [0, 0.1) is 30.9 Å². The van der Waals surface area contributed by atoms with E-state index in [4.69, 9.17) is 16.0 Å². The van der Waals surface area contributed by atoms with Gasteiger partial charge in [0.25, 0.3) is 5.69 Å². The lowest BCUT2D eigenvalue weighted by Crippen LogP contribution is -1.91. The molecule has 1 heterocycles. The van der Waals surface area contributed by atoms with E-state index in [1.807, 2.05) is 45.0 Å². The minimum atomic E-state index is -0.511. The Labute approximate surface area is 178 Å². The van der Waals surface area contributed by atoms with Crippen LogP contribution in [0.25, 0.3) is 22.6 Å². The molecule has 1 aromatic heterocycles. The molecule has 0 fully saturated rings. The molecular weight excluding hydrogens is 402 g/mol. The predicted octanol–water partition coefficient (Wildman–Crippen LogP) is 6.73. The normalized spacial score (nSPS) is 11.5. The first-order valence-corrected chi connectivity index (χ1v) is 9.67. The summed E-state index contributed by atoms with van der Waals surface area (Å²) in [7, 11) is 0. The van der Waals surface area contributed by atoms with Crippen LogP contribution in [-0.4, -0.2) is 16.1 Å². The van der Waals surface area contributed by atoms with Crippen LogP contribution >= 0.6 is 11.6 Å². The first-order valence-electron chi connectivity index (χ1n) is 9.29. The number of benzene rings is 3. The summed E-state index contributed by atoms with van der Waals surface area (Å²) in [6, 6.07) is 14.3. The van der Waals surface area contributed by atoms with E-state index < -0.39 is 4.92 Å². The molecule has 0 spiro atoms. The van der Waals surface area contributed by atoms with Crippen molar-refractivity contribution in [2.45, 2.75) is 20.8 Å². The summed E-state index contributed by atoms with van der Waals surface area (Å²) in [5.41, 5.74) is 6.68. The number of aromatic nitrogens is 1. The molecular formula is C23H18ClN3O3. The molecule has 0 amide bonds. The van der Waals surface area contributed by atoms with Gasteiger partial charge in [-0.25, -0.2) is 4.98 Å². The van der Waals surface area contributed by atoms with Gasteiger partial charge < -0.3 is 4.42 Å². The minimum Gasteiger partial charge on any atom is -0.436 e. The van der Waals surface area contributed by atoms with Crippen molar-refractivity contribution in [3.63, 3.8) is 0 Å². The van der Waals surface area contributed by atoms with E-state index in [2.05, 4.69) is 16.0 Å². The zero-order chi connectivity index (χ0) is 21.4. The Morgan fingerprint density at radius 1 is 1.13 bits per heavy atom. The third-order valence-corrected chi connectivity index (χ3v) is 5.19. The highest BCUT2D eigenvalue weighted by Gasteiger charge is 2.15. The SMILES string of the molecule is Cc1cc(C)c2oc(-c3cccc(N=Cc4ccc(Cl)c([N+](=O)[O-])c4)c3C)nc2c1. The van der Waals surface area contributed by atoms with Crippen molar-refractivity contribution in [3.05, 3.63) is 85.9 Å². The molecule has 0 aliphatic carbocycles. The highest BCUT2D eigenvalue weighted by molar-refractivity contribution is 6.32. The molecule has 0 radical (unpaired) electrons. The molecule has 3 aromatic carbocycles. The molecule has 0 aliphatic heterocycles. The summed E-state index contributed by atoms with van der Waals surface area (Å²) >= 11 is 5.87. The van der Waals surface area contributed by atoms with E-state index in [1.54, 1.807) is 12.3 Å². The smallest absolute Gasteiger partial charge is 0.288 e. The van der Waals surface area contributed by atoms with E-state index in [0.717, 1.165) is 39.0 Å². The molecule has 0 saturated carbocycles. The number of nitro benzene ring substituents is 1. The van der Waals surface area contributed by atoms with Crippen LogP contribution in [0.5, 0.6) is 0 Å². The first-order chi connectivity index (χ1) is 14.3. The summed E-state index contributed by atoms with van der Waals surface area (Å²) in [5, 5.41) is 11.2. The number of nitrogens with zero attached hydrogens (tertiary/aromatic N) is 3. The van der Waals surface area contributed by atoms with Gasteiger partial charge in [-0.05, 0) is 67.3 Å². The number of nitro groups is 1. The second kappa shape index (κ2) is 7.72. The molecule has 150 valence electrons. The Kier molecular flexibility index (Phi) is 5.10. The van der Waals surface area contributed by atoms with Crippen LogP contribution in [-0.2, 0) is 0 Å². The maximum absolute atomic E-state index is 11.1. The Balaban J connectivity index is 1.72. The van der Waals surface area contributed by atoms with Gasteiger partial charge in [-0.3, -0.25) is 15.1 Å². The topological polar surface area (TPSA) is 81.5 Å². The van der Waals surface area contributed by atoms with Crippen LogP contribution < -0.4 is 0 Å². The van der Waals surface area contributed by atoms with Gasteiger partial charge in [0.2, 0.25) is 5.89 Å². The van der Waals surface area contributed by atoms with Crippen LogP contribution in [0.2, 0.25) is 5.02 Å². The van der Waals surface area contributed by atoms with Gasteiger partial charge in [0, 0.05) is 17.8 Å². The van der Waals surface area contributed by atoms with Crippen molar-refractivity contribution >= 4 is 40.3 Å². The number of rotatable bonds is 4. The van der Waals surface area contributed by atoms with E-state index in [1.165, 1.54) is 12.1 Å². The number of halogens is 1. The predicted molar refractivity (Wildman–Crippen MR) is 119 cm³/mol. The number of hydrogen-bond donors (Lipinski definition) is 0. The zero-order valence-electron chi connectivity index (χ0n) is 16.6. The second-order valence-corrected chi connectivity index (χ2v) is 7.53. The lowest BCUT2D eigenvalue weighted by molar-refractivity contribution is -0.384. The van der Waals surface area contributed by atoms with Crippen molar-refractivity contribution in [3.8, 4) is 11.5 Å².